The van der Waals surface area contributed by atoms with Crippen molar-refractivity contribution in [1.82, 2.24) is 10.2 Å². The third kappa shape index (κ3) is 7.78. The molecule has 1 N–H and O–H groups in total. The van der Waals surface area contributed by atoms with Crippen molar-refractivity contribution < 1.29 is 18.0 Å². The van der Waals surface area contributed by atoms with Crippen molar-refractivity contribution in [1.29, 1.82) is 0 Å². The lowest BCUT2D eigenvalue weighted by atomic mass is 9.95. The van der Waals surface area contributed by atoms with Gasteiger partial charge in [0.15, 0.2) is 0 Å². The fourth-order valence-corrected chi connectivity index (χ4v) is 7.03. The third-order valence-corrected chi connectivity index (χ3v) is 10.3. The van der Waals surface area contributed by atoms with Gasteiger partial charge in [0.25, 0.3) is 10.0 Å². The van der Waals surface area contributed by atoms with Crippen LogP contribution in [-0.4, -0.2) is 43.8 Å². The Morgan fingerprint density at radius 3 is 2.21 bits per heavy atom. The van der Waals surface area contributed by atoms with Gasteiger partial charge in [-0.3, -0.25) is 13.9 Å². The number of carbonyl (C=O) groups is 2. The van der Waals surface area contributed by atoms with E-state index in [-0.39, 0.29) is 34.1 Å². The molecule has 42 heavy (non-hydrogen) atoms. The standard InChI is InChI=1S/C31H34Cl3N3O4S/c1-21-12-15-25(16-13-21)42(40,41)37(29-11-7-6-10-27(29)33)20-30(38)36(19-23-14-17-26(32)28(34)18-23)22(2)31(39)35-24-8-4-3-5-9-24/h6-7,10-18,22,24H,3-5,8-9,19-20H2,1-2H3,(H,35,39). The molecule has 2 amide bonds. The van der Waals surface area contributed by atoms with Crippen molar-refractivity contribution in [2.24, 2.45) is 0 Å². The van der Waals surface area contributed by atoms with Gasteiger partial charge >= 0.3 is 0 Å². The summed E-state index contributed by atoms with van der Waals surface area (Å²) < 4.78 is 28.9. The van der Waals surface area contributed by atoms with Crippen molar-refractivity contribution >= 4 is 62.3 Å². The largest absolute Gasteiger partial charge is 0.352 e. The van der Waals surface area contributed by atoms with Crippen molar-refractivity contribution in [3.8, 4) is 0 Å². The van der Waals surface area contributed by atoms with E-state index in [0.717, 1.165) is 42.0 Å². The zero-order chi connectivity index (χ0) is 30.4. The molecular formula is C31H34Cl3N3O4S. The molecule has 4 rings (SSSR count). The van der Waals surface area contributed by atoms with E-state index < -0.39 is 28.5 Å². The lowest BCUT2D eigenvalue weighted by Gasteiger charge is -2.33. The highest BCUT2D eigenvalue weighted by molar-refractivity contribution is 7.92. The van der Waals surface area contributed by atoms with E-state index in [1.807, 2.05) is 6.92 Å². The van der Waals surface area contributed by atoms with E-state index in [2.05, 4.69) is 5.32 Å². The van der Waals surface area contributed by atoms with Gasteiger partial charge in [-0.15, -0.1) is 0 Å². The second-order valence-electron chi connectivity index (χ2n) is 10.6. The Balaban J connectivity index is 1.69. The summed E-state index contributed by atoms with van der Waals surface area (Å²) >= 11 is 18.8. The number of carbonyl (C=O) groups excluding carboxylic acids is 2. The van der Waals surface area contributed by atoms with Crippen LogP contribution >= 0.6 is 34.8 Å². The SMILES string of the molecule is Cc1ccc(S(=O)(=O)N(CC(=O)N(Cc2ccc(Cl)c(Cl)c2)C(C)C(=O)NC2CCCCC2)c2ccccc2Cl)cc1. The average Bonchev–Trinajstić information content (AvgIpc) is 2.97. The maximum atomic E-state index is 14.1. The molecule has 3 aromatic carbocycles. The fourth-order valence-electron chi connectivity index (χ4n) is 4.99. The lowest BCUT2D eigenvalue weighted by Crippen LogP contribution is -2.53. The molecule has 0 radical (unpaired) electrons. The molecule has 1 aliphatic carbocycles. The second kappa shape index (κ2) is 14.1. The molecule has 0 heterocycles. The van der Waals surface area contributed by atoms with Gasteiger partial charge in [-0.2, -0.15) is 0 Å². The van der Waals surface area contributed by atoms with Gasteiger partial charge in [0.2, 0.25) is 11.8 Å². The summed E-state index contributed by atoms with van der Waals surface area (Å²) in [7, 11) is -4.21. The van der Waals surface area contributed by atoms with Gasteiger partial charge in [-0.05, 0) is 68.7 Å². The molecule has 1 fully saturated rings. The molecule has 0 aromatic heterocycles. The highest BCUT2D eigenvalue weighted by Crippen LogP contribution is 2.31. The topological polar surface area (TPSA) is 86.8 Å². The van der Waals surface area contributed by atoms with Crippen LogP contribution in [0.25, 0.3) is 0 Å². The minimum Gasteiger partial charge on any atom is -0.352 e. The van der Waals surface area contributed by atoms with Gasteiger partial charge in [0, 0.05) is 12.6 Å². The zero-order valence-electron chi connectivity index (χ0n) is 23.5. The van der Waals surface area contributed by atoms with Gasteiger partial charge in [0.05, 0.1) is 25.7 Å². The van der Waals surface area contributed by atoms with E-state index in [4.69, 9.17) is 34.8 Å². The molecule has 0 spiro atoms. The molecule has 0 saturated heterocycles. The molecule has 224 valence electrons. The van der Waals surface area contributed by atoms with E-state index in [1.54, 1.807) is 61.5 Å². The van der Waals surface area contributed by atoms with E-state index in [9.17, 15) is 18.0 Å². The highest BCUT2D eigenvalue weighted by atomic mass is 35.5. The Hall–Kier alpha value is -2.78. The first-order valence-electron chi connectivity index (χ1n) is 13.8. The summed E-state index contributed by atoms with van der Waals surface area (Å²) in [5, 5.41) is 3.91. The number of benzene rings is 3. The molecule has 3 aromatic rings. The summed E-state index contributed by atoms with van der Waals surface area (Å²) in [4.78, 5) is 28.9. The normalized spacial score (nSPS) is 14.7. The Bertz CT molecular complexity index is 1530. The van der Waals surface area contributed by atoms with Crippen LogP contribution in [-0.2, 0) is 26.2 Å². The minimum absolute atomic E-state index is 0.00984. The summed E-state index contributed by atoms with van der Waals surface area (Å²) in [6, 6.07) is 16.9. The molecule has 0 bridgehead atoms. The molecule has 0 aliphatic heterocycles. The van der Waals surface area contributed by atoms with Crippen LogP contribution < -0.4 is 9.62 Å². The van der Waals surface area contributed by atoms with Crippen LogP contribution in [0.5, 0.6) is 0 Å². The van der Waals surface area contributed by atoms with Gasteiger partial charge in [-0.1, -0.05) is 90.0 Å². The second-order valence-corrected chi connectivity index (χ2v) is 13.6. The Kier molecular flexibility index (Phi) is 10.8. The van der Waals surface area contributed by atoms with Crippen molar-refractivity contribution in [2.75, 3.05) is 10.8 Å². The summed E-state index contributed by atoms with van der Waals surface area (Å²) in [6.07, 6.45) is 4.98. The summed E-state index contributed by atoms with van der Waals surface area (Å²) in [6.45, 7) is 2.92. The number of para-hydroxylation sites is 1. The first-order chi connectivity index (χ1) is 20.0. The summed E-state index contributed by atoms with van der Waals surface area (Å²) in [5.74, 6) is -0.885. The van der Waals surface area contributed by atoms with Crippen LogP contribution in [0.3, 0.4) is 0 Å². The van der Waals surface area contributed by atoms with E-state index in [1.165, 1.54) is 17.0 Å². The van der Waals surface area contributed by atoms with Gasteiger partial charge < -0.3 is 10.2 Å². The molecule has 1 saturated carbocycles. The van der Waals surface area contributed by atoms with Gasteiger partial charge in [-0.25, -0.2) is 8.42 Å². The first kappa shape index (κ1) is 32.1. The summed E-state index contributed by atoms with van der Waals surface area (Å²) in [5.41, 5.74) is 1.68. The zero-order valence-corrected chi connectivity index (χ0v) is 26.6. The molecule has 1 aliphatic rings. The highest BCUT2D eigenvalue weighted by Gasteiger charge is 2.34. The number of sulfonamides is 1. The molecule has 7 nitrogen and oxygen atoms in total. The number of aryl methyl sites for hydroxylation is 1. The first-order valence-corrected chi connectivity index (χ1v) is 16.4. The molecular weight excluding hydrogens is 617 g/mol. The number of nitrogens with zero attached hydrogens (tertiary/aromatic N) is 2. The monoisotopic (exact) mass is 649 g/mol. The van der Waals surface area contributed by atoms with Crippen molar-refractivity contribution in [2.45, 2.75) is 69.5 Å². The van der Waals surface area contributed by atoms with Crippen LogP contribution in [0.1, 0.15) is 50.2 Å². The van der Waals surface area contributed by atoms with Crippen LogP contribution in [0, 0.1) is 6.92 Å². The quantitative estimate of drug-likeness (QED) is 0.256. The number of amides is 2. The maximum Gasteiger partial charge on any atom is 0.264 e. The molecule has 1 unspecified atom stereocenters. The van der Waals surface area contributed by atoms with E-state index >= 15 is 0 Å². The lowest BCUT2D eigenvalue weighted by molar-refractivity contribution is -0.139. The number of nitrogens with one attached hydrogen (secondary N) is 1. The van der Waals surface area contributed by atoms with Gasteiger partial charge in [0.1, 0.15) is 12.6 Å². The Labute approximate surface area is 262 Å². The fraction of sp³-hybridized carbons (Fsp3) is 0.355. The van der Waals surface area contributed by atoms with Crippen LogP contribution in [0.2, 0.25) is 15.1 Å². The average molecular weight is 651 g/mol. The van der Waals surface area contributed by atoms with Crippen molar-refractivity contribution in [3.63, 3.8) is 0 Å². The van der Waals surface area contributed by atoms with Crippen LogP contribution in [0.15, 0.2) is 71.6 Å². The van der Waals surface area contributed by atoms with E-state index in [0.29, 0.717) is 15.6 Å². The number of hydrogen-bond donors (Lipinski definition) is 1. The number of rotatable bonds is 10. The van der Waals surface area contributed by atoms with Crippen molar-refractivity contribution in [3.05, 3.63) is 92.9 Å². The number of halogens is 3. The molecule has 1 atom stereocenters. The number of hydrogen-bond acceptors (Lipinski definition) is 4. The predicted octanol–water partition coefficient (Wildman–Crippen LogP) is 7.02. The minimum atomic E-state index is -4.21. The number of anilines is 1. The maximum absolute atomic E-state index is 14.1. The smallest absolute Gasteiger partial charge is 0.264 e. The van der Waals surface area contributed by atoms with Crippen LogP contribution in [0.4, 0.5) is 5.69 Å². The molecule has 11 heteroatoms. The third-order valence-electron chi connectivity index (χ3n) is 7.46. The Morgan fingerprint density at radius 2 is 1.57 bits per heavy atom. The predicted molar refractivity (Wildman–Crippen MR) is 169 cm³/mol. The Morgan fingerprint density at radius 1 is 0.905 bits per heavy atom.